The number of hydrogen-bond acceptors (Lipinski definition) is 4. The molecule has 6 nitrogen and oxygen atoms in total. The summed E-state index contributed by atoms with van der Waals surface area (Å²) in [6.45, 7) is 1.60. The first-order valence-electron chi connectivity index (χ1n) is 4.93. The Morgan fingerprint density at radius 2 is 2.00 bits per heavy atom. The summed E-state index contributed by atoms with van der Waals surface area (Å²) in [5.74, 6) is -0.655. The highest BCUT2D eigenvalue weighted by Gasteiger charge is 2.18. The molecule has 1 aromatic heterocycles. The van der Waals surface area contributed by atoms with Crippen LogP contribution in [0.1, 0.15) is 17.4 Å². The van der Waals surface area contributed by atoms with E-state index in [1.165, 1.54) is 17.0 Å². The van der Waals surface area contributed by atoms with E-state index in [9.17, 15) is 9.59 Å². The van der Waals surface area contributed by atoms with Crippen molar-refractivity contribution in [1.82, 2.24) is 20.4 Å². The Balaban J connectivity index is 2.66. The van der Waals surface area contributed by atoms with Crippen molar-refractivity contribution in [1.29, 1.82) is 0 Å². The molecule has 0 saturated heterocycles. The molecule has 0 saturated carbocycles. The SMILES string of the molecule is CC(NC(=O)c1ccc(Cl)nn1)C(=O)N(C)C. The molecule has 1 atom stereocenters. The number of likely N-dealkylation sites (N-methyl/N-ethyl adjacent to an activating group) is 1. The Labute approximate surface area is 104 Å². The minimum absolute atomic E-state index is 0.118. The van der Waals surface area contributed by atoms with E-state index in [2.05, 4.69) is 15.5 Å². The zero-order valence-corrected chi connectivity index (χ0v) is 10.5. The van der Waals surface area contributed by atoms with Gasteiger partial charge >= 0.3 is 0 Å². The lowest BCUT2D eigenvalue weighted by Gasteiger charge is -2.17. The molecular weight excluding hydrogens is 244 g/mol. The first-order valence-corrected chi connectivity index (χ1v) is 5.31. The number of halogens is 1. The summed E-state index contributed by atoms with van der Waals surface area (Å²) >= 11 is 5.55. The van der Waals surface area contributed by atoms with Gasteiger partial charge in [0.15, 0.2) is 10.8 Å². The normalized spacial score (nSPS) is 11.8. The maximum Gasteiger partial charge on any atom is 0.272 e. The van der Waals surface area contributed by atoms with Crippen LogP contribution in [0.2, 0.25) is 5.15 Å². The van der Waals surface area contributed by atoms with Gasteiger partial charge in [-0.05, 0) is 19.1 Å². The van der Waals surface area contributed by atoms with Crippen LogP contribution in [0.4, 0.5) is 0 Å². The molecule has 1 N–H and O–H groups in total. The highest BCUT2D eigenvalue weighted by molar-refractivity contribution is 6.29. The van der Waals surface area contributed by atoms with Crippen LogP contribution < -0.4 is 5.32 Å². The summed E-state index contributed by atoms with van der Waals surface area (Å²) in [7, 11) is 3.24. The molecule has 1 heterocycles. The second-order valence-corrected chi connectivity index (χ2v) is 4.06. The first-order chi connectivity index (χ1) is 7.91. The van der Waals surface area contributed by atoms with E-state index < -0.39 is 11.9 Å². The highest BCUT2D eigenvalue weighted by Crippen LogP contribution is 2.02. The van der Waals surface area contributed by atoms with Crippen molar-refractivity contribution < 1.29 is 9.59 Å². The predicted molar refractivity (Wildman–Crippen MR) is 62.7 cm³/mol. The number of nitrogens with one attached hydrogen (secondary N) is 1. The fraction of sp³-hybridized carbons (Fsp3) is 0.400. The van der Waals surface area contributed by atoms with E-state index >= 15 is 0 Å². The number of rotatable bonds is 3. The number of carbonyl (C=O) groups is 2. The van der Waals surface area contributed by atoms with Crippen LogP contribution in [0.3, 0.4) is 0 Å². The molecule has 1 aromatic rings. The Kier molecular flexibility index (Phi) is 4.39. The summed E-state index contributed by atoms with van der Waals surface area (Å²) in [5.41, 5.74) is 0.118. The monoisotopic (exact) mass is 256 g/mol. The minimum Gasteiger partial charge on any atom is -0.347 e. The van der Waals surface area contributed by atoms with Crippen molar-refractivity contribution >= 4 is 23.4 Å². The molecule has 0 spiro atoms. The standard InChI is InChI=1S/C10H13ClN4O2/c1-6(10(17)15(2)3)12-9(16)7-4-5-8(11)14-13-7/h4-6H,1-3H3,(H,12,16). The Morgan fingerprint density at radius 3 is 2.47 bits per heavy atom. The summed E-state index contributed by atoms with van der Waals surface area (Å²) < 4.78 is 0. The molecule has 0 aromatic carbocycles. The molecule has 2 amide bonds. The number of carbonyl (C=O) groups excluding carboxylic acids is 2. The second kappa shape index (κ2) is 5.58. The van der Waals surface area contributed by atoms with Crippen molar-refractivity contribution in [2.24, 2.45) is 0 Å². The van der Waals surface area contributed by atoms with Gasteiger partial charge in [0.1, 0.15) is 6.04 Å². The van der Waals surface area contributed by atoms with Crippen molar-refractivity contribution in [2.45, 2.75) is 13.0 Å². The Hall–Kier alpha value is -1.69. The lowest BCUT2D eigenvalue weighted by Crippen LogP contribution is -2.44. The molecule has 0 radical (unpaired) electrons. The van der Waals surface area contributed by atoms with Crippen molar-refractivity contribution in [3.63, 3.8) is 0 Å². The molecule has 0 aliphatic heterocycles. The van der Waals surface area contributed by atoms with Gasteiger partial charge in [-0.1, -0.05) is 11.6 Å². The van der Waals surface area contributed by atoms with E-state index in [0.29, 0.717) is 0 Å². The molecule has 0 bridgehead atoms. The van der Waals surface area contributed by atoms with Crippen molar-refractivity contribution in [2.75, 3.05) is 14.1 Å². The zero-order chi connectivity index (χ0) is 13.0. The fourth-order valence-corrected chi connectivity index (χ4v) is 1.26. The van der Waals surface area contributed by atoms with Crippen LogP contribution in [-0.2, 0) is 4.79 Å². The average Bonchev–Trinajstić information content (AvgIpc) is 2.28. The maximum atomic E-state index is 11.7. The average molecular weight is 257 g/mol. The first kappa shape index (κ1) is 13.4. The summed E-state index contributed by atoms with van der Waals surface area (Å²) in [5, 5.41) is 9.89. The molecular formula is C10H13ClN4O2. The van der Waals surface area contributed by atoms with E-state index in [0.717, 1.165) is 0 Å². The zero-order valence-electron chi connectivity index (χ0n) is 9.77. The van der Waals surface area contributed by atoms with Crippen LogP contribution in [0.5, 0.6) is 0 Å². The van der Waals surface area contributed by atoms with Crippen LogP contribution in [0.25, 0.3) is 0 Å². The smallest absolute Gasteiger partial charge is 0.272 e. The largest absolute Gasteiger partial charge is 0.347 e. The van der Waals surface area contributed by atoms with Crippen LogP contribution in [0.15, 0.2) is 12.1 Å². The number of aromatic nitrogens is 2. The lowest BCUT2D eigenvalue weighted by atomic mass is 10.2. The van der Waals surface area contributed by atoms with Gasteiger partial charge in [-0.15, -0.1) is 10.2 Å². The predicted octanol–water partition coefficient (Wildman–Crippen LogP) is 0.337. The molecule has 0 aliphatic rings. The minimum atomic E-state index is -0.616. The van der Waals surface area contributed by atoms with Crippen molar-refractivity contribution in [3.8, 4) is 0 Å². The second-order valence-electron chi connectivity index (χ2n) is 3.67. The molecule has 17 heavy (non-hydrogen) atoms. The Bertz CT molecular complexity index is 419. The third-order valence-electron chi connectivity index (χ3n) is 2.02. The molecule has 0 fully saturated rings. The van der Waals surface area contributed by atoms with E-state index in [4.69, 9.17) is 11.6 Å². The fourth-order valence-electron chi connectivity index (χ4n) is 1.16. The maximum absolute atomic E-state index is 11.7. The number of nitrogens with zero attached hydrogens (tertiary/aromatic N) is 3. The third-order valence-corrected chi connectivity index (χ3v) is 2.23. The third kappa shape index (κ3) is 3.67. The molecule has 1 rings (SSSR count). The quantitative estimate of drug-likeness (QED) is 0.846. The number of hydrogen-bond donors (Lipinski definition) is 1. The van der Waals surface area contributed by atoms with Gasteiger partial charge in [-0.2, -0.15) is 0 Å². The number of amides is 2. The summed E-state index contributed by atoms with van der Waals surface area (Å²) in [4.78, 5) is 24.6. The van der Waals surface area contributed by atoms with E-state index in [1.807, 2.05) is 0 Å². The highest BCUT2D eigenvalue weighted by atomic mass is 35.5. The summed E-state index contributed by atoms with van der Waals surface area (Å²) in [6.07, 6.45) is 0. The lowest BCUT2D eigenvalue weighted by molar-refractivity contribution is -0.130. The van der Waals surface area contributed by atoms with Gasteiger partial charge in [-0.3, -0.25) is 9.59 Å². The van der Waals surface area contributed by atoms with Crippen molar-refractivity contribution in [3.05, 3.63) is 23.0 Å². The van der Waals surface area contributed by atoms with E-state index in [-0.39, 0.29) is 16.8 Å². The van der Waals surface area contributed by atoms with Crippen LogP contribution in [0, 0.1) is 0 Å². The molecule has 92 valence electrons. The van der Waals surface area contributed by atoms with Gasteiger partial charge in [0.25, 0.3) is 5.91 Å². The van der Waals surface area contributed by atoms with Gasteiger partial charge in [0, 0.05) is 14.1 Å². The van der Waals surface area contributed by atoms with Crippen LogP contribution >= 0.6 is 11.6 Å². The summed E-state index contributed by atoms with van der Waals surface area (Å²) in [6, 6.07) is 2.29. The van der Waals surface area contributed by atoms with Crippen LogP contribution in [-0.4, -0.2) is 47.0 Å². The molecule has 7 heteroatoms. The van der Waals surface area contributed by atoms with Gasteiger partial charge in [-0.25, -0.2) is 0 Å². The van der Waals surface area contributed by atoms with E-state index in [1.54, 1.807) is 21.0 Å². The van der Waals surface area contributed by atoms with Gasteiger partial charge in [0.05, 0.1) is 0 Å². The Morgan fingerprint density at radius 1 is 1.35 bits per heavy atom. The topological polar surface area (TPSA) is 75.2 Å². The van der Waals surface area contributed by atoms with Gasteiger partial charge < -0.3 is 10.2 Å². The van der Waals surface area contributed by atoms with Gasteiger partial charge in [0.2, 0.25) is 5.91 Å². The molecule has 0 aliphatic carbocycles. The molecule has 1 unspecified atom stereocenters.